The van der Waals surface area contributed by atoms with Crippen molar-refractivity contribution in [3.63, 3.8) is 0 Å². The smallest absolute Gasteiger partial charge is 0.218 e. The zero-order valence-corrected chi connectivity index (χ0v) is 13.7. The van der Waals surface area contributed by atoms with Gasteiger partial charge < -0.3 is 10.1 Å². The molecule has 2 aromatic rings. The average Bonchev–Trinajstić information content (AvgIpc) is 2.57. The second kappa shape index (κ2) is 7.18. The fourth-order valence-electron chi connectivity index (χ4n) is 1.75. The second-order valence-corrected chi connectivity index (χ2v) is 6.81. The average molecular weight is 349 g/mol. The normalized spacial score (nSPS) is 11.6. The Balaban J connectivity index is 2.29. The molecule has 0 aromatic heterocycles. The van der Waals surface area contributed by atoms with Crippen molar-refractivity contribution in [2.45, 2.75) is 4.90 Å². The maximum Gasteiger partial charge on any atom is 0.218 e. The van der Waals surface area contributed by atoms with E-state index in [1.165, 1.54) is 31.4 Å². The lowest BCUT2D eigenvalue weighted by Gasteiger charge is -2.06. The minimum atomic E-state index is -3.90. The van der Waals surface area contributed by atoms with Crippen LogP contribution in [0.1, 0.15) is 0 Å². The zero-order valence-electron chi connectivity index (χ0n) is 12.2. The number of nitriles is 1. The highest BCUT2D eigenvalue weighted by Crippen LogP contribution is 2.22. The molecule has 118 valence electrons. The quantitative estimate of drug-likeness (QED) is 0.835. The molecule has 7 heteroatoms. The molecular weight excluding hydrogens is 336 g/mol. The Hall–Kier alpha value is -2.49. The molecule has 0 atom stereocenters. The van der Waals surface area contributed by atoms with Crippen LogP contribution < -0.4 is 10.1 Å². The van der Waals surface area contributed by atoms with Crippen molar-refractivity contribution in [1.82, 2.24) is 0 Å². The number of hydrogen-bond donors (Lipinski definition) is 1. The van der Waals surface area contributed by atoms with Gasteiger partial charge in [0.15, 0.2) is 4.91 Å². The predicted octanol–water partition coefficient (Wildman–Crippen LogP) is 3.60. The highest BCUT2D eigenvalue weighted by Gasteiger charge is 2.20. The van der Waals surface area contributed by atoms with Crippen LogP contribution in [0.5, 0.6) is 5.75 Å². The molecule has 0 bridgehead atoms. The Morgan fingerprint density at radius 3 is 2.30 bits per heavy atom. The molecule has 2 rings (SSSR count). The number of allylic oxidation sites excluding steroid dienone is 1. The van der Waals surface area contributed by atoms with Crippen LogP contribution in [0, 0.1) is 11.3 Å². The van der Waals surface area contributed by atoms with Crippen LogP contribution >= 0.6 is 11.6 Å². The van der Waals surface area contributed by atoms with E-state index in [0.717, 1.165) is 6.20 Å². The lowest BCUT2D eigenvalue weighted by atomic mass is 10.3. The third-order valence-electron chi connectivity index (χ3n) is 2.98. The van der Waals surface area contributed by atoms with Crippen LogP contribution in [0.15, 0.2) is 64.5 Å². The summed E-state index contributed by atoms with van der Waals surface area (Å²) in [5.41, 5.74) is 0.618. The summed E-state index contributed by atoms with van der Waals surface area (Å²) in [7, 11) is -2.41. The van der Waals surface area contributed by atoms with E-state index in [1.807, 2.05) is 0 Å². The number of nitrogens with zero attached hydrogens (tertiary/aromatic N) is 1. The lowest BCUT2D eigenvalue weighted by Crippen LogP contribution is -2.05. The number of hydrogen-bond acceptors (Lipinski definition) is 5. The molecule has 0 aliphatic heterocycles. The Morgan fingerprint density at radius 2 is 1.78 bits per heavy atom. The van der Waals surface area contributed by atoms with Crippen molar-refractivity contribution in [3.8, 4) is 11.8 Å². The molecule has 0 fully saturated rings. The number of benzene rings is 2. The first-order valence-electron chi connectivity index (χ1n) is 6.49. The van der Waals surface area contributed by atoms with Gasteiger partial charge >= 0.3 is 0 Å². The third kappa shape index (κ3) is 4.03. The summed E-state index contributed by atoms with van der Waals surface area (Å²) in [5.74, 6) is 0.533. The summed E-state index contributed by atoms with van der Waals surface area (Å²) < 4.78 is 29.9. The van der Waals surface area contributed by atoms with E-state index >= 15 is 0 Å². The van der Waals surface area contributed by atoms with E-state index in [-0.39, 0.29) is 4.90 Å². The van der Waals surface area contributed by atoms with E-state index in [0.29, 0.717) is 16.5 Å². The van der Waals surface area contributed by atoms with Gasteiger partial charge in [-0.05, 0) is 48.5 Å². The van der Waals surface area contributed by atoms with Crippen LogP contribution in [-0.2, 0) is 9.84 Å². The summed E-state index contributed by atoms with van der Waals surface area (Å²) in [4.78, 5) is -0.373. The molecule has 5 nitrogen and oxygen atoms in total. The van der Waals surface area contributed by atoms with Crippen LogP contribution in [0.2, 0.25) is 5.02 Å². The summed E-state index contributed by atoms with van der Waals surface area (Å²) >= 11 is 5.78. The molecule has 1 N–H and O–H groups in total. The number of anilines is 1. The van der Waals surface area contributed by atoms with Gasteiger partial charge in [-0.2, -0.15) is 5.26 Å². The maximum atomic E-state index is 12.4. The third-order valence-corrected chi connectivity index (χ3v) is 4.92. The van der Waals surface area contributed by atoms with Crippen molar-refractivity contribution in [2.75, 3.05) is 12.4 Å². The van der Waals surface area contributed by atoms with Crippen molar-refractivity contribution in [3.05, 3.63) is 64.7 Å². The van der Waals surface area contributed by atoms with Gasteiger partial charge in [-0.25, -0.2) is 8.42 Å². The van der Waals surface area contributed by atoms with Gasteiger partial charge in [-0.3, -0.25) is 0 Å². The maximum absolute atomic E-state index is 12.4. The van der Waals surface area contributed by atoms with Crippen LogP contribution in [0.3, 0.4) is 0 Å². The first-order valence-corrected chi connectivity index (χ1v) is 8.35. The minimum absolute atomic E-state index is 0.0176. The number of rotatable bonds is 5. The first kappa shape index (κ1) is 16.9. The van der Waals surface area contributed by atoms with Crippen LogP contribution in [-0.4, -0.2) is 15.5 Å². The monoisotopic (exact) mass is 348 g/mol. The number of sulfone groups is 1. The van der Waals surface area contributed by atoms with E-state index in [2.05, 4.69) is 5.32 Å². The second-order valence-electron chi connectivity index (χ2n) is 4.45. The van der Waals surface area contributed by atoms with Gasteiger partial charge in [0.2, 0.25) is 9.84 Å². The Kier molecular flexibility index (Phi) is 5.27. The molecule has 0 saturated heterocycles. The molecule has 0 spiro atoms. The van der Waals surface area contributed by atoms with E-state index < -0.39 is 14.7 Å². The summed E-state index contributed by atoms with van der Waals surface area (Å²) in [6, 6.07) is 14.2. The van der Waals surface area contributed by atoms with Crippen molar-refractivity contribution < 1.29 is 13.2 Å². The zero-order chi connectivity index (χ0) is 16.9. The summed E-state index contributed by atoms with van der Waals surface area (Å²) in [6.45, 7) is 0. The van der Waals surface area contributed by atoms with Gasteiger partial charge in [-0.15, -0.1) is 0 Å². The van der Waals surface area contributed by atoms with Crippen molar-refractivity contribution in [1.29, 1.82) is 5.26 Å². The van der Waals surface area contributed by atoms with E-state index in [4.69, 9.17) is 21.6 Å². The number of methoxy groups -OCH3 is 1. The Labute approximate surface area is 139 Å². The highest BCUT2D eigenvalue weighted by molar-refractivity contribution is 7.95. The minimum Gasteiger partial charge on any atom is -0.497 e. The molecule has 0 heterocycles. The van der Waals surface area contributed by atoms with Crippen molar-refractivity contribution >= 4 is 27.1 Å². The summed E-state index contributed by atoms with van der Waals surface area (Å²) in [5, 5.41) is 12.5. The molecule has 0 saturated carbocycles. The predicted molar refractivity (Wildman–Crippen MR) is 89.0 cm³/mol. The lowest BCUT2D eigenvalue weighted by molar-refractivity contribution is 0.414. The van der Waals surface area contributed by atoms with Gasteiger partial charge in [-0.1, -0.05) is 11.6 Å². The summed E-state index contributed by atoms with van der Waals surface area (Å²) in [6.07, 6.45) is 1.16. The van der Waals surface area contributed by atoms with Gasteiger partial charge in [0.05, 0.1) is 12.0 Å². The van der Waals surface area contributed by atoms with Gasteiger partial charge in [0, 0.05) is 16.9 Å². The Bertz CT molecular complexity index is 852. The number of halogens is 1. The number of ether oxygens (including phenoxy) is 1. The standard InChI is InChI=1S/C16H13ClN2O3S/c1-22-14-6-8-15(9-7-14)23(20,21)16(10-18)11-19-13-4-2-12(17)3-5-13/h2-9,11,19H,1H3/b16-11+. The fraction of sp³-hybridized carbons (Fsp3) is 0.0625. The SMILES string of the molecule is COc1ccc(S(=O)(=O)/C(C#N)=C/Nc2ccc(Cl)cc2)cc1. The molecule has 0 amide bonds. The van der Waals surface area contributed by atoms with Crippen LogP contribution in [0.4, 0.5) is 5.69 Å². The molecule has 0 aliphatic carbocycles. The van der Waals surface area contributed by atoms with Gasteiger partial charge in [0.25, 0.3) is 0 Å². The Morgan fingerprint density at radius 1 is 1.17 bits per heavy atom. The van der Waals surface area contributed by atoms with Gasteiger partial charge in [0.1, 0.15) is 11.8 Å². The van der Waals surface area contributed by atoms with E-state index in [9.17, 15) is 8.42 Å². The molecule has 0 radical (unpaired) electrons. The highest BCUT2D eigenvalue weighted by atomic mass is 35.5. The molecule has 0 aliphatic rings. The molecule has 2 aromatic carbocycles. The molecular formula is C16H13ClN2O3S. The van der Waals surface area contributed by atoms with E-state index in [1.54, 1.807) is 30.3 Å². The van der Waals surface area contributed by atoms with Crippen molar-refractivity contribution in [2.24, 2.45) is 0 Å². The number of nitrogens with one attached hydrogen (secondary N) is 1. The first-order chi connectivity index (χ1) is 11.0. The van der Waals surface area contributed by atoms with Crippen LogP contribution in [0.25, 0.3) is 0 Å². The fourth-order valence-corrected chi connectivity index (χ4v) is 2.96. The molecule has 0 unspecified atom stereocenters. The molecule has 23 heavy (non-hydrogen) atoms. The topological polar surface area (TPSA) is 79.2 Å². The largest absolute Gasteiger partial charge is 0.497 e.